The third-order valence-electron chi connectivity index (χ3n) is 4.26. The van der Waals surface area contributed by atoms with Gasteiger partial charge in [0.2, 0.25) is 6.04 Å². The Hall–Kier alpha value is -1.27. The van der Waals surface area contributed by atoms with Crippen molar-refractivity contribution < 1.29 is 4.87 Å². The van der Waals surface area contributed by atoms with Gasteiger partial charge in [-0.05, 0) is 18.4 Å². The first-order chi connectivity index (χ1) is 10.6. The largest absolute Gasteiger partial charge is 0.239 e. The van der Waals surface area contributed by atoms with Crippen molar-refractivity contribution in [3.8, 4) is 0 Å². The van der Waals surface area contributed by atoms with E-state index in [1.807, 2.05) is 7.05 Å². The highest BCUT2D eigenvalue weighted by molar-refractivity contribution is 7.19. The molecule has 2 heterocycles. The molecule has 3 rings (SSSR count). The summed E-state index contributed by atoms with van der Waals surface area (Å²) < 4.78 is 0. The van der Waals surface area contributed by atoms with Crippen LogP contribution >= 0.6 is 22.9 Å². The van der Waals surface area contributed by atoms with Gasteiger partial charge in [-0.3, -0.25) is 0 Å². The lowest BCUT2D eigenvalue weighted by atomic mass is 9.93. The molecule has 0 aliphatic heterocycles. The fourth-order valence-corrected chi connectivity index (χ4v) is 4.57. The van der Waals surface area contributed by atoms with Gasteiger partial charge in [0.1, 0.15) is 21.2 Å². The Morgan fingerprint density at radius 1 is 1.50 bits per heavy atom. The molecule has 0 bridgehead atoms. The maximum Gasteiger partial charge on any atom is 0.239 e. The highest BCUT2D eigenvalue weighted by atomic mass is 35.5. The van der Waals surface area contributed by atoms with E-state index in [0.29, 0.717) is 5.15 Å². The number of hydrazine groups is 1. The van der Waals surface area contributed by atoms with Crippen LogP contribution in [0.3, 0.4) is 0 Å². The predicted molar refractivity (Wildman–Crippen MR) is 89.4 cm³/mol. The zero-order valence-electron chi connectivity index (χ0n) is 12.9. The van der Waals surface area contributed by atoms with E-state index >= 15 is 0 Å². The van der Waals surface area contributed by atoms with Gasteiger partial charge in [-0.1, -0.05) is 24.9 Å². The summed E-state index contributed by atoms with van der Waals surface area (Å²) in [4.78, 5) is 24.2. The minimum Gasteiger partial charge on any atom is -0.225 e. The number of nitroso groups, excluding NO2 is 1. The highest BCUT2D eigenvalue weighted by Gasteiger charge is 2.35. The number of fused-ring (bicyclic) bond motifs is 3. The van der Waals surface area contributed by atoms with Crippen LogP contribution < -0.4 is 0 Å². The Kier molecular flexibility index (Phi) is 4.59. The van der Waals surface area contributed by atoms with E-state index in [2.05, 4.69) is 16.9 Å². The van der Waals surface area contributed by atoms with Crippen LogP contribution in [-0.2, 0) is 12.8 Å². The van der Waals surface area contributed by atoms with Crippen molar-refractivity contribution in [1.82, 2.24) is 15.0 Å². The van der Waals surface area contributed by atoms with Crippen LogP contribution in [0.2, 0.25) is 5.15 Å². The summed E-state index contributed by atoms with van der Waals surface area (Å²) in [6.07, 6.45) is 6.13. The molecule has 0 spiro atoms. The van der Waals surface area contributed by atoms with Crippen LogP contribution in [-0.4, -0.2) is 39.5 Å². The Morgan fingerprint density at radius 2 is 2.32 bits per heavy atom. The van der Waals surface area contributed by atoms with Crippen molar-refractivity contribution in [3.63, 3.8) is 0 Å². The smallest absolute Gasteiger partial charge is 0.225 e. The molecule has 118 valence electrons. The molecule has 2 aromatic rings. The number of halogens is 1. The van der Waals surface area contributed by atoms with Gasteiger partial charge in [0.05, 0.1) is 30.3 Å². The van der Waals surface area contributed by atoms with Crippen LogP contribution in [0.15, 0.2) is 6.33 Å². The Balaban J connectivity index is 1.81. The molecule has 2 aromatic heterocycles. The Labute approximate surface area is 138 Å². The molecule has 22 heavy (non-hydrogen) atoms. The molecule has 0 radical (unpaired) electrons. The van der Waals surface area contributed by atoms with Crippen LogP contribution in [0, 0.1) is 4.91 Å². The molecule has 1 aliphatic rings. The molecule has 7 heteroatoms. The lowest BCUT2D eigenvalue weighted by Gasteiger charge is -2.19. The molecular formula is C15H20ClN4OS+. The maximum absolute atomic E-state index is 12.5. The predicted octanol–water partition coefficient (Wildman–Crippen LogP) is 3.63. The first kappa shape index (κ1) is 15.6. The molecule has 0 amide bonds. The SMILES string of the molecule is CCCCN(C)[N+](=O)C1CCc2c(sc3ncnc(Cl)c23)C1. The lowest BCUT2D eigenvalue weighted by molar-refractivity contribution is -0.730. The quantitative estimate of drug-likeness (QED) is 0.474. The van der Waals surface area contributed by atoms with E-state index in [0.717, 1.165) is 53.7 Å². The van der Waals surface area contributed by atoms with Gasteiger partial charge < -0.3 is 0 Å². The number of thiophene rings is 1. The number of rotatable bonds is 5. The van der Waals surface area contributed by atoms with E-state index in [9.17, 15) is 4.91 Å². The number of hydrogen-bond donors (Lipinski definition) is 0. The molecule has 0 N–H and O–H groups in total. The van der Waals surface area contributed by atoms with E-state index in [1.165, 1.54) is 16.8 Å². The Bertz CT molecular complexity index is 702. The molecule has 1 aliphatic carbocycles. The average molecular weight is 340 g/mol. The van der Waals surface area contributed by atoms with Gasteiger partial charge >= 0.3 is 0 Å². The van der Waals surface area contributed by atoms with Crippen LogP contribution in [0.5, 0.6) is 0 Å². The molecule has 1 unspecified atom stereocenters. The number of hydrogen-bond acceptors (Lipinski definition) is 4. The number of nitrogens with zero attached hydrogens (tertiary/aromatic N) is 4. The second-order valence-electron chi connectivity index (χ2n) is 5.78. The van der Waals surface area contributed by atoms with Crippen molar-refractivity contribution in [3.05, 3.63) is 26.8 Å². The second-order valence-corrected chi connectivity index (χ2v) is 7.22. The van der Waals surface area contributed by atoms with Crippen molar-refractivity contribution >= 4 is 33.2 Å². The second kappa shape index (κ2) is 6.46. The fraction of sp³-hybridized carbons (Fsp3) is 0.600. The van der Waals surface area contributed by atoms with Gasteiger partial charge in [0.25, 0.3) is 0 Å². The van der Waals surface area contributed by atoms with Crippen molar-refractivity contribution in [2.75, 3.05) is 13.6 Å². The lowest BCUT2D eigenvalue weighted by Crippen LogP contribution is -2.40. The summed E-state index contributed by atoms with van der Waals surface area (Å²) in [5.74, 6) is 0. The first-order valence-corrected chi connectivity index (χ1v) is 8.89. The number of aromatic nitrogens is 2. The summed E-state index contributed by atoms with van der Waals surface area (Å²) >= 11 is 7.86. The van der Waals surface area contributed by atoms with Crippen LogP contribution in [0.25, 0.3) is 10.2 Å². The topological polar surface area (TPSA) is 49.1 Å². The minimum absolute atomic E-state index is 0.00848. The van der Waals surface area contributed by atoms with Gasteiger partial charge in [-0.25, -0.2) is 9.97 Å². The summed E-state index contributed by atoms with van der Waals surface area (Å²) in [5, 5.41) is 3.32. The summed E-state index contributed by atoms with van der Waals surface area (Å²) in [6.45, 7) is 2.95. The number of aryl methyl sites for hydroxylation is 1. The fourth-order valence-electron chi connectivity index (χ4n) is 3.01. The van der Waals surface area contributed by atoms with Crippen molar-refractivity contribution in [1.29, 1.82) is 0 Å². The van der Waals surface area contributed by atoms with E-state index in [1.54, 1.807) is 16.3 Å². The van der Waals surface area contributed by atoms with E-state index in [-0.39, 0.29) is 6.04 Å². The van der Waals surface area contributed by atoms with Gasteiger partial charge in [0.15, 0.2) is 0 Å². The minimum atomic E-state index is 0.00848. The summed E-state index contributed by atoms with van der Waals surface area (Å²) in [5.41, 5.74) is 1.24. The third-order valence-corrected chi connectivity index (χ3v) is 5.71. The third kappa shape index (κ3) is 2.82. The average Bonchev–Trinajstić information content (AvgIpc) is 2.90. The first-order valence-electron chi connectivity index (χ1n) is 7.70. The zero-order chi connectivity index (χ0) is 15.7. The molecule has 0 saturated heterocycles. The molecule has 5 nitrogen and oxygen atoms in total. The standard InChI is InChI=1S/C15H20ClN4OS/c1-3-4-7-19(2)20(21)10-5-6-11-12(8-10)22-15-13(11)14(16)17-9-18-15/h9-10H,3-8H2,1-2H3/q+1. The maximum atomic E-state index is 12.5. The normalized spacial score (nSPS) is 17.5. The van der Waals surface area contributed by atoms with Crippen LogP contribution in [0.4, 0.5) is 0 Å². The number of unbranched alkanes of at least 4 members (excludes halogenated alkanes) is 1. The van der Waals surface area contributed by atoms with E-state index in [4.69, 9.17) is 11.6 Å². The zero-order valence-corrected chi connectivity index (χ0v) is 14.5. The molecule has 1 atom stereocenters. The van der Waals surface area contributed by atoms with Crippen molar-refractivity contribution in [2.24, 2.45) is 0 Å². The van der Waals surface area contributed by atoms with E-state index < -0.39 is 0 Å². The Morgan fingerprint density at radius 3 is 3.09 bits per heavy atom. The van der Waals surface area contributed by atoms with Gasteiger partial charge in [0, 0.05) is 11.3 Å². The summed E-state index contributed by atoms with van der Waals surface area (Å²) in [7, 11) is 1.88. The van der Waals surface area contributed by atoms with Crippen LogP contribution in [0.1, 0.15) is 36.6 Å². The van der Waals surface area contributed by atoms with Crippen molar-refractivity contribution in [2.45, 2.75) is 45.1 Å². The highest BCUT2D eigenvalue weighted by Crippen LogP contribution is 2.38. The molecular weight excluding hydrogens is 320 g/mol. The molecule has 0 fully saturated rings. The monoisotopic (exact) mass is 339 g/mol. The summed E-state index contributed by atoms with van der Waals surface area (Å²) in [6, 6.07) is 0.00848. The molecule has 0 aromatic carbocycles. The van der Waals surface area contributed by atoms with Gasteiger partial charge in [-0.15, -0.1) is 16.3 Å². The molecule has 0 saturated carbocycles. The van der Waals surface area contributed by atoms with Gasteiger partial charge in [-0.2, -0.15) is 0 Å².